The zero-order valence-corrected chi connectivity index (χ0v) is 11.4. The molecule has 1 heterocycles. The Balaban J connectivity index is 2.48. The van der Waals surface area contributed by atoms with Crippen LogP contribution in [-0.4, -0.2) is 29.7 Å². The van der Waals surface area contributed by atoms with Crippen LogP contribution in [0.15, 0.2) is 11.6 Å². The minimum absolute atomic E-state index is 0.230. The second kappa shape index (κ2) is 6.85. The van der Waals surface area contributed by atoms with Gasteiger partial charge in [0.2, 0.25) is 5.91 Å². The lowest BCUT2D eigenvalue weighted by Gasteiger charge is -2.22. The van der Waals surface area contributed by atoms with E-state index in [2.05, 4.69) is 15.6 Å². The fraction of sp³-hybridized carbons (Fsp3) is 0.636. The van der Waals surface area contributed by atoms with Crippen molar-refractivity contribution in [3.8, 4) is 0 Å². The van der Waals surface area contributed by atoms with Gasteiger partial charge in [-0.15, -0.1) is 11.3 Å². The molecule has 4 nitrogen and oxygen atoms in total. The van der Waals surface area contributed by atoms with Crippen molar-refractivity contribution < 1.29 is 18.0 Å². The smallest absolute Gasteiger partial charge is 0.348 e. The largest absolute Gasteiger partial charge is 0.401 e. The Bertz CT molecular complexity index is 392. The monoisotopic (exact) mass is 295 g/mol. The Morgan fingerprint density at radius 3 is 2.63 bits per heavy atom. The third-order valence-corrected chi connectivity index (χ3v) is 3.15. The van der Waals surface area contributed by atoms with Crippen LogP contribution in [0.2, 0.25) is 0 Å². The van der Waals surface area contributed by atoms with Gasteiger partial charge in [0.15, 0.2) is 0 Å². The number of nitrogens with one attached hydrogen (secondary N) is 2. The Labute approximate surface area is 113 Å². The number of amides is 1. The molecule has 1 atom stereocenters. The number of carbonyl (C=O) groups excluding carboxylic acids is 1. The van der Waals surface area contributed by atoms with Gasteiger partial charge < -0.3 is 5.32 Å². The molecule has 0 aliphatic carbocycles. The molecule has 1 aromatic heterocycles. The van der Waals surface area contributed by atoms with E-state index < -0.39 is 24.7 Å². The average molecular weight is 295 g/mol. The molecule has 0 spiro atoms. The fourth-order valence-electron chi connectivity index (χ4n) is 1.47. The number of hydrogen-bond acceptors (Lipinski definition) is 4. The van der Waals surface area contributed by atoms with Gasteiger partial charge in [-0.3, -0.25) is 10.1 Å². The maximum atomic E-state index is 12.1. The number of alkyl halides is 3. The van der Waals surface area contributed by atoms with Crippen LogP contribution in [0.3, 0.4) is 0 Å². The topological polar surface area (TPSA) is 54.0 Å². The van der Waals surface area contributed by atoms with Gasteiger partial charge in [0.25, 0.3) is 0 Å². The molecule has 2 N–H and O–H groups in total. The van der Waals surface area contributed by atoms with Crippen LogP contribution in [-0.2, 0) is 11.3 Å². The normalized spacial score (nSPS) is 13.6. The molecule has 0 saturated heterocycles. The van der Waals surface area contributed by atoms with Crippen molar-refractivity contribution in [1.82, 2.24) is 15.6 Å². The van der Waals surface area contributed by atoms with E-state index in [1.807, 2.05) is 0 Å². The van der Waals surface area contributed by atoms with Crippen LogP contribution < -0.4 is 10.6 Å². The van der Waals surface area contributed by atoms with Crippen molar-refractivity contribution in [2.75, 3.05) is 6.54 Å². The van der Waals surface area contributed by atoms with E-state index in [0.717, 1.165) is 0 Å². The molecular weight excluding hydrogens is 279 g/mol. The number of halogens is 3. The highest BCUT2D eigenvalue weighted by Gasteiger charge is 2.31. The van der Waals surface area contributed by atoms with E-state index in [1.165, 1.54) is 11.3 Å². The number of carbonyl (C=O) groups is 1. The maximum Gasteiger partial charge on any atom is 0.401 e. The molecule has 0 saturated carbocycles. The SMILES string of the molecule is CC(C)[C@H](NCC(F)(F)F)C(=O)NCc1nccs1. The van der Waals surface area contributed by atoms with Crippen LogP contribution in [0.25, 0.3) is 0 Å². The van der Waals surface area contributed by atoms with Crippen molar-refractivity contribution in [2.24, 2.45) is 5.92 Å². The molecule has 108 valence electrons. The molecule has 0 radical (unpaired) electrons. The minimum Gasteiger partial charge on any atom is -0.348 e. The summed E-state index contributed by atoms with van der Waals surface area (Å²) in [5.41, 5.74) is 0. The minimum atomic E-state index is -4.33. The van der Waals surface area contributed by atoms with E-state index in [0.29, 0.717) is 5.01 Å². The van der Waals surface area contributed by atoms with Gasteiger partial charge in [0.1, 0.15) is 5.01 Å². The molecule has 1 rings (SSSR count). The molecule has 1 aromatic rings. The molecule has 0 aliphatic rings. The van der Waals surface area contributed by atoms with E-state index in [-0.39, 0.29) is 12.5 Å². The standard InChI is InChI=1S/C11H16F3N3OS/c1-7(2)9(17-6-11(12,13)14)10(18)16-5-8-15-3-4-19-8/h3-4,7,9,17H,5-6H2,1-2H3,(H,16,18)/t9-/m0/s1. The highest BCUT2D eigenvalue weighted by molar-refractivity contribution is 7.09. The van der Waals surface area contributed by atoms with Crippen LogP contribution >= 0.6 is 11.3 Å². The number of thiazole rings is 1. The first-order chi connectivity index (χ1) is 8.79. The lowest BCUT2D eigenvalue weighted by Crippen LogP contribution is -2.49. The van der Waals surface area contributed by atoms with E-state index in [9.17, 15) is 18.0 Å². The van der Waals surface area contributed by atoms with Crippen molar-refractivity contribution in [3.63, 3.8) is 0 Å². The highest BCUT2D eigenvalue weighted by atomic mass is 32.1. The number of aromatic nitrogens is 1. The Kier molecular flexibility index (Phi) is 5.74. The van der Waals surface area contributed by atoms with Gasteiger partial charge >= 0.3 is 6.18 Å². The maximum absolute atomic E-state index is 12.1. The van der Waals surface area contributed by atoms with E-state index in [1.54, 1.807) is 25.4 Å². The first-order valence-corrected chi connectivity index (χ1v) is 6.64. The Hall–Kier alpha value is -1.15. The Morgan fingerprint density at radius 2 is 2.16 bits per heavy atom. The molecule has 0 aromatic carbocycles. The van der Waals surface area contributed by atoms with Crippen LogP contribution in [0.4, 0.5) is 13.2 Å². The predicted octanol–water partition coefficient (Wildman–Crippen LogP) is 1.94. The second-order valence-corrected chi connectivity index (χ2v) is 5.34. The average Bonchev–Trinajstić information content (AvgIpc) is 2.77. The molecule has 1 amide bonds. The molecular formula is C11H16F3N3OS. The van der Waals surface area contributed by atoms with Crippen molar-refractivity contribution in [1.29, 1.82) is 0 Å². The van der Waals surface area contributed by atoms with E-state index in [4.69, 9.17) is 0 Å². The third-order valence-electron chi connectivity index (χ3n) is 2.37. The summed E-state index contributed by atoms with van der Waals surface area (Å²) in [7, 11) is 0. The lowest BCUT2D eigenvalue weighted by molar-refractivity contribution is -0.133. The summed E-state index contributed by atoms with van der Waals surface area (Å²) < 4.78 is 36.4. The third kappa shape index (κ3) is 6.02. The number of rotatable bonds is 6. The van der Waals surface area contributed by atoms with Gasteiger partial charge in [-0.25, -0.2) is 4.98 Å². The molecule has 19 heavy (non-hydrogen) atoms. The van der Waals surface area contributed by atoms with Crippen LogP contribution in [0, 0.1) is 5.92 Å². The van der Waals surface area contributed by atoms with Gasteiger partial charge in [-0.1, -0.05) is 13.8 Å². The number of hydrogen-bond donors (Lipinski definition) is 2. The summed E-state index contributed by atoms with van der Waals surface area (Å²) in [6.45, 7) is 2.43. The zero-order valence-electron chi connectivity index (χ0n) is 10.6. The predicted molar refractivity (Wildman–Crippen MR) is 66.6 cm³/mol. The zero-order chi connectivity index (χ0) is 14.5. The lowest BCUT2D eigenvalue weighted by atomic mass is 10.0. The molecule has 0 aliphatic heterocycles. The van der Waals surface area contributed by atoms with Gasteiger partial charge in [-0.05, 0) is 5.92 Å². The van der Waals surface area contributed by atoms with Gasteiger partial charge in [0, 0.05) is 11.6 Å². The first kappa shape index (κ1) is 15.9. The van der Waals surface area contributed by atoms with Crippen molar-refractivity contribution in [2.45, 2.75) is 32.6 Å². The summed E-state index contributed by atoms with van der Waals surface area (Å²) in [4.78, 5) is 15.8. The van der Waals surface area contributed by atoms with Gasteiger partial charge in [0.05, 0.1) is 19.1 Å². The Morgan fingerprint density at radius 1 is 1.47 bits per heavy atom. The van der Waals surface area contributed by atoms with E-state index >= 15 is 0 Å². The summed E-state index contributed by atoms with van der Waals surface area (Å²) >= 11 is 1.38. The second-order valence-electron chi connectivity index (χ2n) is 4.36. The molecule has 0 bridgehead atoms. The summed E-state index contributed by atoms with van der Waals surface area (Å²) in [5, 5.41) is 7.30. The first-order valence-electron chi connectivity index (χ1n) is 5.76. The highest BCUT2D eigenvalue weighted by Crippen LogP contribution is 2.14. The summed E-state index contributed by atoms with van der Waals surface area (Å²) in [6.07, 6.45) is -2.73. The van der Waals surface area contributed by atoms with Crippen molar-refractivity contribution >= 4 is 17.2 Å². The fourth-order valence-corrected chi connectivity index (χ4v) is 2.03. The molecule has 8 heteroatoms. The quantitative estimate of drug-likeness (QED) is 0.843. The van der Waals surface area contributed by atoms with Gasteiger partial charge in [-0.2, -0.15) is 13.2 Å². The summed E-state index contributed by atoms with van der Waals surface area (Å²) in [6, 6.07) is -0.874. The molecule has 0 unspecified atom stereocenters. The molecule has 0 fully saturated rings. The van der Waals surface area contributed by atoms with Crippen molar-refractivity contribution in [3.05, 3.63) is 16.6 Å². The number of nitrogens with zero attached hydrogens (tertiary/aromatic N) is 1. The van der Waals surface area contributed by atoms with Crippen LogP contribution in [0.1, 0.15) is 18.9 Å². The van der Waals surface area contributed by atoms with Crippen LogP contribution in [0.5, 0.6) is 0 Å². The summed E-state index contributed by atoms with van der Waals surface area (Å²) in [5.74, 6) is -0.687.